The number of alkyl halides is 3. The molecule has 0 aliphatic rings. The molecule has 2 N–H and O–H groups in total. The van der Waals surface area contributed by atoms with E-state index in [0.29, 0.717) is 0 Å². The average Bonchev–Trinajstić information content (AvgIpc) is 2.32. The van der Waals surface area contributed by atoms with Gasteiger partial charge < -0.3 is 5.73 Å². The number of thiophene rings is 1. The molecule has 1 atom stereocenters. The third kappa shape index (κ3) is 1.98. The van der Waals surface area contributed by atoms with Gasteiger partial charge >= 0.3 is 6.18 Å². The number of aryl methyl sites for hydroxylation is 1. The minimum absolute atomic E-state index is 0.144. The largest absolute Gasteiger partial charge is 0.407 e. The highest BCUT2D eigenvalue weighted by molar-refractivity contribution is 7.10. The Hall–Kier alpha value is -0.550. The maximum Gasteiger partial charge on any atom is 0.407 e. The van der Waals surface area contributed by atoms with Crippen LogP contribution >= 0.6 is 11.3 Å². The molecule has 5 heteroatoms. The molecule has 68 valence electrons. The molecule has 0 aliphatic carbocycles. The van der Waals surface area contributed by atoms with Crippen molar-refractivity contribution < 1.29 is 13.2 Å². The molecule has 0 saturated heterocycles. The fraction of sp³-hybridized carbons (Fsp3) is 0.429. The van der Waals surface area contributed by atoms with Crippen molar-refractivity contribution in [1.29, 1.82) is 0 Å². The highest BCUT2D eigenvalue weighted by Gasteiger charge is 2.38. The van der Waals surface area contributed by atoms with Crippen LogP contribution in [0.2, 0.25) is 0 Å². The molecule has 1 heterocycles. The minimum Gasteiger partial charge on any atom is -0.316 e. The molecule has 0 bridgehead atoms. The van der Waals surface area contributed by atoms with Gasteiger partial charge in [0.1, 0.15) is 6.04 Å². The maximum atomic E-state index is 12.0. The van der Waals surface area contributed by atoms with Crippen molar-refractivity contribution in [1.82, 2.24) is 0 Å². The maximum absolute atomic E-state index is 12.0. The van der Waals surface area contributed by atoms with Crippen molar-refractivity contribution in [3.05, 3.63) is 21.9 Å². The lowest BCUT2D eigenvalue weighted by atomic mass is 10.1. The van der Waals surface area contributed by atoms with Gasteiger partial charge in [0.2, 0.25) is 0 Å². The molecule has 1 nitrogen and oxygen atoms in total. The third-order valence-electron chi connectivity index (χ3n) is 1.46. The topological polar surface area (TPSA) is 26.0 Å². The number of hydrogen-bond donors (Lipinski definition) is 1. The predicted octanol–water partition coefficient (Wildman–Crippen LogP) is 2.62. The van der Waals surface area contributed by atoms with Crippen LogP contribution in [0.3, 0.4) is 0 Å². The van der Waals surface area contributed by atoms with E-state index >= 15 is 0 Å². The Morgan fingerprint density at radius 2 is 2.08 bits per heavy atom. The second-order valence-electron chi connectivity index (χ2n) is 2.51. The fourth-order valence-corrected chi connectivity index (χ4v) is 1.56. The normalized spacial score (nSPS) is 14.8. The number of halogens is 3. The molecule has 1 aromatic rings. The second-order valence-corrected chi connectivity index (χ2v) is 3.63. The van der Waals surface area contributed by atoms with Crippen molar-refractivity contribution in [3.8, 4) is 0 Å². The van der Waals surface area contributed by atoms with E-state index in [2.05, 4.69) is 0 Å². The Balaban J connectivity index is 2.85. The Morgan fingerprint density at radius 3 is 2.42 bits per heavy atom. The van der Waals surface area contributed by atoms with E-state index in [1.54, 1.807) is 6.92 Å². The number of rotatable bonds is 1. The summed E-state index contributed by atoms with van der Waals surface area (Å²) in [6.45, 7) is 1.75. The Morgan fingerprint density at radius 1 is 1.50 bits per heavy atom. The average molecular weight is 195 g/mol. The summed E-state index contributed by atoms with van der Waals surface area (Å²) in [5.74, 6) is 0. The van der Waals surface area contributed by atoms with Crippen molar-refractivity contribution in [3.63, 3.8) is 0 Å². The van der Waals surface area contributed by atoms with Crippen LogP contribution in [0.4, 0.5) is 13.2 Å². The van der Waals surface area contributed by atoms with Crippen LogP contribution in [0.25, 0.3) is 0 Å². The summed E-state index contributed by atoms with van der Waals surface area (Å²) in [4.78, 5) is 0.838. The van der Waals surface area contributed by atoms with Crippen LogP contribution in [-0.4, -0.2) is 6.18 Å². The molecular weight excluding hydrogens is 187 g/mol. The lowest BCUT2D eigenvalue weighted by molar-refractivity contribution is -0.149. The van der Waals surface area contributed by atoms with Gasteiger partial charge in [-0.3, -0.25) is 0 Å². The molecule has 0 spiro atoms. The SMILES string of the molecule is Cc1cc([C@@H](N)C(F)(F)F)cs1. The van der Waals surface area contributed by atoms with E-state index in [1.165, 1.54) is 22.8 Å². The van der Waals surface area contributed by atoms with Crippen LogP contribution in [0.5, 0.6) is 0 Å². The first kappa shape index (κ1) is 9.54. The summed E-state index contributed by atoms with van der Waals surface area (Å²) in [7, 11) is 0. The van der Waals surface area contributed by atoms with Crippen LogP contribution in [-0.2, 0) is 0 Å². The third-order valence-corrected chi connectivity index (χ3v) is 2.34. The van der Waals surface area contributed by atoms with Gasteiger partial charge in [-0.25, -0.2) is 0 Å². The number of hydrogen-bond acceptors (Lipinski definition) is 2. The quantitative estimate of drug-likeness (QED) is 0.732. The summed E-state index contributed by atoms with van der Waals surface area (Å²) in [5.41, 5.74) is 5.11. The van der Waals surface area contributed by atoms with Gasteiger partial charge in [0.25, 0.3) is 0 Å². The van der Waals surface area contributed by atoms with Gasteiger partial charge in [-0.1, -0.05) is 0 Å². The summed E-state index contributed by atoms with van der Waals surface area (Å²) in [6.07, 6.45) is -4.34. The molecule has 1 rings (SSSR count). The molecule has 0 radical (unpaired) electrons. The van der Waals surface area contributed by atoms with Gasteiger partial charge in [0.15, 0.2) is 0 Å². The smallest absolute Gasteiger partial charge is 0.316 e. The Kier molecular flexibility index (Phi) is 2.44. The monoisotopic (exact) mass is 195 g/mol. The van der Waals surface area contributed by atoms with Gasteiger partial charge in [-0.15, -0.1) is 11.3 Å². The van der Waals surface area contributed by atoms with E-state index in [0.717, 1.165) is 4.88 Å². The molecule has 1 aromatic heterocycles. The molecule has 0 unspecified atom stereocenters. The molecule has 0 fully saturated rings. The van der Waals surface area contributed by atoms with E-state index in [1.807, 2.05) is 0 Å². The molecule has 0 aliphatic heterocycles. The van der Waals surface area contributed by atoms with E-state index in [4.69, 9.17) is 5.73 Å². The lowest BCUT2D eigenvalue weighted by Crippen LogP contribution is -2.27. The fourth-order valence-electron chi connectivity index (χ4n) is 0.816. The zero-order valence-electron chi connectivity index (χ0n) is 6.35. The summed E-state index contributed by atoms with van der Waals surface area (Å²) < 4.78 is 36.1. The highest BCUT2D eigenvalue weighted by atomic mass is 32.1. The predicted molar refractivity (Wildman–Crippen MR) is 42.0 cm³/mol. The van der Waals surface area contributed by atoms with E-state index < -0.39 is 12.2 Å². The standard InChI is InChI=1S/C7H8F3NS/c1-4-2-5(3-12-4)6(11)7(8,9)10/h2-3,6H,11H2,1H3/t6-/m1/s1. The van der Waals surface area contributed by atoms with Gasteiger partial charge in [0, 0.05) is 4.88 Å². The molecule has 0 amide bonds. The molecular formula is C7H8F3NS. The van der Waals surface area contributed by atoms with Crippen molar-refractivity contribution >= 4 is 11.3 Å². The van der Waals surface area contributed by atoms with Crippen LogP contribution in [0, 0.1) is 6.92 Å². The summed E-state index contributed by atoms with van der Waals surface area (Å²) in [6, 6.07) is -0.384. The van der Waals surface area contributed by atoms with Crippen molar-refractivity contribution in [2.24, 2.45) is 5.73 Å². The van der Waals surface area contributed by atoms with E-state index in [-0.39, 0.29) is 5.56 Å². The van der Waals surface area contributed by atoms with Crippen molar-refractivity contribution in [2.45, 2.75) is 19.1 Å². The second kappa shape index (κ2) is 3.06. The van der Waals surface area contributed by atoms with Crippen molar-refractivity contribution in [2.75, 3.05) is 0 Å². The van der Waals surface area contributed by atoms with Gasteiger partial charge in [-0.2, -0.15) is 13.2 Å². The van der Waals surface area contributed by atoms with Crippen LogP contribution in [0.15, 0.2) is 11.4 Å². The number of nitrogens with two attached hydrogens (primary N) is 1. The first-order valence-electron chi connectivity index (χ1n) is 3.28. The molecule has 12 heavy (non-hydrogen) atoms. The zero-order valence-corrected chi connectivity index (χ0v) is 7.17. The first-order chi connectivity index (χ1) is 5.41. The molecule has 0 saturated carbocycles. The van der Waals surface area contributed by atoms with Gasteiger partial charge in [0.05, 0.1) is 0 Å². The molecule has 0 aromatic carbocycles. The van der Waals surface area contributed by atoms with Crippen LogP contribution in [0.1, 0.15) is 16.5 Å². The summed E-state index contributed by atoms with van der Waals surface area (Å²) >= 11 is 1.27. The highest BCUT2D eigenvalue weighted by Crippen LogP contribution is 2.32. The summed E-state index contributed by atoms with van der Waals surface area (Å²) in [5, 5.41) is 1.44. The first-order valence-corrected chi connectivity index (χ1v) is 4.16. The lowest BCUT2D eigenvalue weighted by Gasteiger charge is -2.13. The Labute approximate surface area is 72.0 Å². The zero-order chi connectivity index (χ0) is 9.35. The van der Waals surface area contributed by atoms with Crippen LogP contribution < -0.4 is 5.73 Å². The minimum atomic E-state index is -4.34. The Bertz CT molecular complexity index is 266. The van der Waals surface area contributed by atoms with E-state index in [9.17, 15) is 13.2 Å². The van der Waals surface area contributed by atoms with Gasteiger partial charge in [-0.05, 0) is 23.9 Å².